The van der Waals surface area contributed by atoms with E-state index in [9.17, 15) is 8.42 Å². The van der Waals surface area contributed by atoms with Crippen molar-refractivity contribution in [1.29, 1.82) is 0 Å². The number of hydrogen-bond acceptors (Lipinski definition) is 4. The van der Waals surface area contributed by atoms with Gasteiger partial charge >= 0.3 is 0 Å². The van der Waals surface area contributed by atoms with Crippen molar-refractivity contribution in [1.82, 2.24) is 4.98 Å². The van der Waals surface area contributed by atoms with Crippen molar-refractivity contribution in [2.75, 3.05) is 23.5 Å². The monoisotopic (exact) mass is 308 g/mol. The lowest BCUT2D eigenvalue weighted by Crippen LogP contribution is -2.33. The van der Waals surface area contributed by atoms with Crippen molar-refractivity contribution < 1.29 is 8.42 Å². The molecule has 1 aliphatic heterocycles. The predicted octanol–water partition coefficient (Wildman–Crippen LogP) is 2.10. The van der Waals surface area contributed by atoms with Crippen LogP contribution in [0.3, 0.4) is 0 Å². The van der Waals surface area contributed by atoms with Crippen LogP contribution in [-0.2, 0) is 15.7 Å². The summed E-state index contributed by atoms with van der Waals surface area (Å²) in [5, 5.41) is 0.529. The molecular weight excluding hydrogens is 295 g/mol. The first-order valence-corrected chi connectivity index (χ1v) is 8.31. The van der Waals surface area contributed by atoms with Crippen LogP contribution in [0.2, 0.25) is 5.02 Å². The lowest BCUT2D eigenvalue weighted by Gasteiger charge is -2.24. The van der Waals surface area contributed by atoms with Crippen LogP contribution in [0.1, 0.15) is 12.1 Å². The first-order valence-electron chi connectivity index (χ1n) is 5.57. The van der Waals surface area contributed by atoms with Gasteiger partial charge in [-0.3, -0.25) is 0 Å². The first kappa shape index (κ1) is 13.9. The second-order valence-corrected chi connectivity index (χ2v) is 7.30. The van der Waals surface area contributed by atoms with Crippen molar-refractivity contribution >= 4 is 38.9 Å². The highest BCUT2D eigenvalue weighted by Crippen LogP contribution is 2.24. The van der Waals surface area contributed by atoms with Crippen molar-refractivity contribution in [2.45, 2.75) is 18.3 Å². The molecule has 1 unspecified atom stereocenters. The van der Waals surface area contributed by atoms with Crippen LogP contribution in [-0.4, -0.2) is 38.0 Å². The Labute approximate surface area is 117 Å². The van der Waals surface area contributed by atoms with Crippen LogP contribution < -0.4 is 4.90 Å². The molecule has 0 bridgehead atoms. The summed E-state index contributed by atoms with van der Waals surface area (Å²) in [5.41, 5.74) is 0.614. The Hall–Kier alpha value is -0.520. The molecule has 2 rings (SSSR count). The molecule has 0 amide bonds. The molecule has 7 heteroatoms. The molecule has 0 N–H and O–H groups in total. The highest BCUT2D eigenvalue weighted by Gasteiger charge is 2.31. The third kappa shape index (κ3) is 2.90. The van der Waals surface area contributed by atoms with Gasteiger partial charge in [-0.15, -0.1) is 11.6 Å². The topological polar surface area (TPSA) is 50.3 Å². The van der Waals surface area contributed by atoms with Crippen LogP contribution in [0.15, 0.2) is 12.1 Å². The van der Waals surface area contributed by atoms with Gasteiger partial charge in [-0.2, -0.15) is 0 Å². The van der Waals surface area contributed by atoms with Crippen LogP contribution in [0.5, 0.6) is 0 Å². The van der Waals surface area contributed by atoms with E-state index in [0.717, 1.165) is 0 Å². The Bertz CT molecular complexity index is 548. The van der Waals surface area contributed by atoms with Crippen molar-refractivity contribution in [3.63, 3.8) is 0 Å². The van der Waals surface area contributed by atoms with Gasteiger partial charge in [-0.25, -0.2) is 13.4 Å². The molecule has 0 aliphatic carbocycles. The van der Waals surface area contributed by atoms with Crippen LogP contribution >= 0.6 is 23.2 Å². The molecule has 100 valence electrons. The maximum Gasteiger partial charge on any atom is 0.152 e. The molecule has 1 fully saturated rings. The molecule has 1 aromatic heterocycles. The average molecular weight is 309 g/mol. The Morgan fingerprint density at radius 3 is 2.78 bits per heavy atom. The third-order valence-electron chi connectivity index (χ3n) is 3.15. The minimum absolute atomic E-state index is 0.0214. The van der Waals surface area contributed by atoms with E-state index in [4.69, 9.17) is 23.2 Å². The fraction of sp³-hybridized carbons (Fsp3) is 0.545. The van der Waals surface area contributed by atoms with Crippen molar-refractivity contribution in [2.24, 2.45) is 0 Å². The molecule has 2 heterocycles. The molecule has 0 saturated carbocycles. The zero-order chi connectivity index (χ0) is 13.3. The second kappa shape index (κ2) is 5.23. The van der Waals surface area contributed by atoms with Gasteiger partial charge in [0.25, 0.3) is 0 Å². The summed E-state index contributed by atoms with van der Waals surface area (Å²) in [6.45, 7) is 0. The number of rotatable bonds is 3. The summed E-state index contributed by atoms with van der Waals surface area (Å²) in [6, 6.07) is 3.50. The largest absolute Gasteiger partial charge is 0.356 e. The molecule has 1 saturated heterocycles. The van der Waals surface area contributed by atoms with Crippen LogP contribution in [0, 0.1) is 0 Å². The maximum atomic E-state index is 11.5. The Morgan fingerprint density at radius 2 is 2.22 bits per heavy atom. The molecule has 1 aromatic rings. The van der Waals surface area contributed by atoms with E-state index in [-0.39, 0.29) is 23.4 Å². The molecule has 1 atom stereocenters. The van der Waals surface area contributed by atoms with Gasteiger partial charge in [0.15, 0.2) is 9.84 Å². The van der Waals surface area contributed by atoms with Gasteiger partial charge < -0.3 is 4.90 Å². The molecule has 18 heavy (non-hydrogen) atoms. The zero-order valence-corrected chi connectivity index (χ0v) is 12.3. The standard InChI is InChI=1S/C11H14Cl2N2O2S/c1-15(8-4-5-18(16,17)7-8)11-3-2-9(13)10(6-12)14-11/h2-3,8H,4-7H2,1H3. The maximum absolute atomic E-state index is 11.5. The van der Waals surface area contributed by atoms with Crippen LogP contribution in [0.25, 0.3) is 0 Å². The Kier molecular flexibility index (Phi) is 4.04. The number of nitrogens with zero attached hydrogens (tertiary/aromatic N) is 2. The molecular formula is C11H14Cl2N2O2S. The van der Waals surface area contributed by atoms with E-state index < -0.39 is 9.84 Å². The van der Waals surface area contributed by atoms with Gasteiger partial charge in [0.05, 0.1) is 28.1 Å². The summed E-state index contributed by atoms with van der Waals surface area (Å²) in [5.74, 6) is 1.38. The number of alkyl halides is 1. The number of pyridine rings is 1. The zero-order valence-electron chi connectivity index (χ0n) is 9.94. The Morgan fingerprint density at radius 1 is 1.50 bits per heavy atom. The quantitative estimate of drug-likeness (QED) is 0.802. The number of sulfone groups is 1. The number of anilines is 1. The summed E-state index contributed by atoms with van der Waals surface area (Å²) in [4.78, 5) is 6.24. The molecule has 1 aliphatic rings. The lowest BCUT2D eigenvalue weighted by atomic mass is 10.2. The van der Waals surface area contributed by atoms with Gasteiger partial charge in [-0.05, 0) is 18.6 Å². The van der Waals surface area contributed by atoms with E-state index in [0.29, 0.717) is 23.0 Å². The second-order valence-electron chi connectivity index (χ2n) is 4.40. The average Bonchev–Trinajstić information content (AvgIpc) is 2.69. The summed E-state index contributed by atoms with van der Waals surface area (Å²) in [7, 11) is -1.05. The van der Waals surface area contributed by atoms with Crippen LogP contribution in [0.4, 0.5) is 5.82 Å². The third-order valence-corrected chi connectivity index (χ3v) is 5.50. The molecule has 4 nitrogen and oxygen atoms in total. The van der Waals surface area contributed by atoms with E-state index >= 15 is 0 Å². The fourth-order valence-corrected chi connectivity index (χ4v) is 4.25. The Balaban J connectivity index is 2.21. The van der Waals surface area contributed by atoms with Gasteiger partial charge in [0.2, 0.25) is 0 Å². The fourth-order valence-electron chi connectivity index (χ4n) is 2.03. The predicted molar refractivity (Wildman–Crippen MR) is 74.3 cm³/mol. The minimum Gasteiger partial charge on any atom is -0.356 e. The minimum atomic E-state index is -2.89. The number of aromatic nitrogens is 1. The summed E-state index contributed by atoms with van der Waals surface area (Å²) < 4.78 is 22.9. The summed E-state index contributed by atoms with van der Waals surface area (Å²) in [6.07, 6.45) is 0.638. The molecule has 0 radical (unpaired) electrons. The van der Waals surface area contributed by atoms with Gasteiger partial charge in [0, 0.05) is 13.1 Å². The molecule has 0 aromatic carbocycles. The van der Waals surface area contributed by atoms with Gasteiger partial charge in [-0.1, -0.05) is 11.6 Å². The van der Waals surface area contributed by atoms with E-state index in [1.165, 1.54) is 0 Å². The van der Waals surface area contributed by atoms with Crippen molar-refractivity contribution in [3.8, 4) is 0 Å². The SMILES string of the molecule is CN(c1ccc(Cl)c(CCl)n1)C1CCS(=O)(=O)C1. The van der Waals surface area contributed by atoms with E-state index in [1.807, 2.05) is 11.9 Å². The van der Waals surface area contributed by atoms with E-state index in [2.05, 4.69) is 4.98 Å². The first-order chi connectivity index (χ1) is 8.43. The smallest absolute Gasteiger partial charge is 0.152 e. The van der Waals surface area contributed by atoms with Gasteiger partial charge in [0.1, 0.15) is 5.82 Å². The highest BCUT2D eigenvalue weighted by atomic mass is 35.5. The lowest BCUT2D eigenvalue weighted by molar-refractivity contribution is 0.600. The van der Waals surface area contributed by atoms with Crippen molar-refractivity contribution in [3.05, 3.63) is 22.8 Å². The molecule has 0 spiro atoms. The van der Waals surface area contributed by atoms with E-state index in [1.54, 1.807) is 12.1 Å². The normalized spacial score (nSPS) is 22.1. The number of hydrogen-bond donors (Lipinski definition) is 0. The highest BCUT2D eigenvalue weighted by molar-refractivity contribution is 7.91. The summed E-state index contributed by atoms with van der Waals surface area (Å²) >= 11 is 11.7. The number of halogens is 2.